The monoisotopic (exact) mass is 256 g/mol. The molecule has 2 unspecified atom stereocenters. The summed E-state index contributed by atoms with van der Waals surface area (Å²) >= 11 is 2.01. The van der Waals surface area contributed by atoms with Crippen molar-refractivity contribution in [2.24, 2.45) is 5.41 Å². The third-order valence-corrected chi connectivity index (χ3v) is 5.21. The standard InChI is InChI=1S/C13H24N2OS/c1-13(2)7-10(8-17-9-13)15-11-5-3-4-6-14-12(11)16/h10-11,15H,3-9H2,1-2H3,(H,14,16). The lowest BCUT2D eigenvalue weighted by atomic mass is 9.87. The second-order valence-corrected chi connectivity index (χ2v) is 7.12. The Morgan fingerprint density at radius 1 is 1.41 bits per heavy atom. The third-order valence-electron chi connectivity index (χ3n) is 3.58. The lowest BCUT2D eigenvalue weighted by molar-refractivity contribution is -0.123. The highest BCUT2D eigenvalue weighted by molar-refractivity contribution is 7.99. The predicted molar refractivity (Wildman–Crippen MR) is 73.3 cm³/mol. The first-order chi connectivity index (χ1) is 8.07. The number of amides is 1. The van der Waals surface area contributed by atoms with E-state index >= 15 is 0 Å². The molecule has 17 heavy (non-hydrogen) atoms. The van der Waals surface area contributed by atoms with Crippen LogP contribution in [0, 0.1) is 5.41 Å². The lowest BCUT2D eigenvalue weighted by Crippen LogP contribution is -2.50. The Morgan fingerprint density at radius 2 is 2.24 bits per heavy atom. The molecule has 98 valence electrons. The van der Waals surface area contributed by atoms with Crippen molar-refractivity contribution in [2.45, 2.75) is 51.6 Å². The maximum atomic E-state index is 11.9. The molecule has 0 bridgehead atoms. The SMILES string of the molecule is CC1(C)CSCC(NC2CCCCNC2=O)C1. The summed E-state index contributed by atoms with van der Waals surface area (Å²) < 4.78 is 0. The Kier molecular flexibility index (Phi) is 4.36. The van der Waals surface area contributed by atoms with Gasteiger partial charge < -0.3 is 10.6 Å². The Bertz CT molecular complexity index is 281. The maximum absolute atomic E-state index is 11.9. The van der Waals surface area contributed by atoms with Gasteiger partial charge in [0, 0.05) is 18.3 Å². The van der Waals surface area contributed by atoms with E-state index in [2.05, 4.69) is 24.5 Å². The Morgan fingerprint density at radius 3 is 3.00 bits per heavy atom. The molecule has 2 N–H and O–H groups in total. The third kappa shape index (κ3) is 3.88. The fourth-order valence-corrected chi connectivity index (χ4v) is 4.04. The molecule has 0 spiro atoms. The molecule has 2 rings (SSSR count). The van der Waals surface area contributed by atoms with Crippen molar-refractivity contribution in [3.63, 3.8) is 0 Å². The number of rotatable bonds is 2. The molecule has 3 nitrogen and oxygen atoms in total. The second kappa shape index (κ2) is 5.61. The van der Waals surface area contributed by atoms with Gasteiger partial charge in [0.25, 0.3) is 0 Å². The highest BCUT2D eigenvalue weighted by Gasteiger charge is 2.31. The summed E-state index contributed by atoms with van der Waals surface area (Å²) in [4.78, 5) is 11.9. The van der Waals surface area contributed by atoms with Crippen LogP contribution in [0.25, 0.3) is 0 Å². The first kappa shape index (κ1) is 13.2. The number of carbonyl (C=O) groups excluding carboxylic acids is 1. The fraction of sp³-hybridized carbons (Fsp3) is 0.923. The van der Waals surface area contributed by atoms with Crippen molar-refractivity contribution in [3.8, 4) is 0 Å². The van der Waals surface area contributed by atoms with E-state index < -0.39 is 0 Å². The average Bonchev–Trinajstić information content (AvgIpc) is 2.43. The Balaban J connectivity index is 1.88. The molecule has 2 atom stereocenters. The summed E-state index contributed by atoms with van der Waals surface area (Å²) in [6.07, 6.45) is 4.45. The summed E-state index contributed by atoms with van der Waals surface area (Å²) in [5.74, 6) is 2.59. The van der Waals surface area contributed by atoms with Crippen LogP contribution in [0.5, 0.6) is 0 Å². The van der Waals surface area contributed by atoms with Crippen LogP contribution in [0.1, 0.15) is 39.5 Å². The number of nitrogens with one attached hydrogen (secondary N) is 2. The topological polar surface area (TPSA) is 41.1 Å². The molecule has 2 fully saturated rings. The molecule has 0 saturated carbocycles. The van der Waals surface area contributed by atoms with E-state index in [0.29, 0.717) is 11.5 Å². The van der Waals surface area contributed by atoms with Gasteiger partial charge in [0.15, 0.2) is 0 Å². The molecule has 0 aliphatic carbocycles. The van der Waals surface area contributed by atoms with E-state index in [1.807, 2.05) is 11.8 Å². The second-order valence-electron chi connectivity index (χ2n) is 6.09. The van der Waals surface area contributed by atoms with Gasteiger partial charge in [0.2, 0.25) is 5.91 Å². The summed E-state index contributed by atoms with van der Waals surface area (Å²) in [5, 5.41) is 6.57. The van der Waals surface area contributed by atoms with Crippen molar-refractivity contribution in [3.05, 3.63) is 0 Å². The minimum absolute atomic E-state index is 0.0389. The summed E-state index contributed by atoms with van der Waals surface area (Å²) in [5.41, 5.74) is 0.405. The molecule has 2 aliphatic rings. The fourth-order valence-electron chi connectivity index (χ4n) is 2.75. The van der Waals surface area contributed by atoms with Crippen LogP contribution in [0.15, 0.2) is 0 Å². The zero-order valence-electron chi connectivity index (χ0n) is 10.9. The van der Waals surface area contributed by atoms with E-state index in [4.69, 9.17) is 0 Å². The van der Waals surface area contributed by atoms with Crippen LogP contribution < -0.4 is 10.6 Å². The molecule has 0 aromatic rings. The molecule has 1 amide bonds. The van der Waals surface area contributed by atoms with Crippen molar-refractivity contribution in [1.82, 2.24) is 10.6 Å². The van der Waals surface area contributed by atoms with Gasteiger partial charge in [0.05, 0.1) is 6.04 Å². The molecular formula is C13H24N2OS. The van der Waals surface area contributed by atoms with Crippen LogP contribution in [0.4, 0.5) is 0 Å². The lowest BCUT2D eigenvalue weighted by Gasteiger charge is -2.36. The largest absolute Gasteiger partial charge is 0.355 e. The number of carbonyl (C=O) groups is 1. The quantitative estimate of drug-likeness (QED) is 0.791. The van der Waals surface area contributed by atoms with E-state index in [0.717, 1.165) is 31.6 Å². The van der Waals surface area contributed by atoms with Gasteiger partial charge in [-0.1, -0.05) is 13.8 Å². The summed E-state index contributed by atoms with van der Waals surface area (Å²) in [6.45, 7) is 5.49. The molecule has 0 radical (unpaired) electrons. The smallest absolute Gasteiger partial charge is 0.237 e. The van der Waals surface area contributed by atoms with Gasteiger partial charge in [-0.25, -0.2) is 0 Å². The zero-order chi connectivity index (χ0) is 12.3. The average molecular weight is 256 g/mol. The maximum Gasteiger partial charge on any atom is 0.237 e. The van der Waals surface area contributed by atoms with Crippen LogP contribution in [0.3, 0.4) is 0 Å². The Labute approximate surface area is 108 Å². The number of hydrogen-bond acceptors (Lipinski definition) is 3. The molecule has 0 aromatic carbocycles. The molecule has 2 aliphatic heterocycles. The van der Waals surface area contributed by atoms with Gasteiger partial charge in [-0.2, -0.15) is 11.8 Å². The first-order valence-electron chi connectivity index (χ1n) is 6.68. The minimum atomic E-state index is 0.0389. The van der Waals surface area contributed by atoms with Gasteiger partial charge in [-0.15, -0.1) is 0 Å². The van der Waals surface area contributed by atoms with E-state index in [9.17, 15) is 4.79 Å². The highest BCUT2D eigenvalue weighted by Crippen LogP contribution is 2.33. The summed E-state index contributed by atoms with van der Waals surface area (Å²) in [6, 6.07) is 0.537. The molecule has 4 heteroatoms. The van der Waals surface area contributed by atoms with Crippen LogP contribution in [0.2, 0.25) is 0 Å². The zero-order valence-corrected chi connectivity index (χ0v) is 11.7. The van der Waals surface area contributed by atoms with E-state index in [-0.39, 0.29) is 11.9 Å². The first-order valence-corrected chi connectivity index (χ1v) is 7.84. The molecule has 2 heterocycles. The minimum Gasteiger partial charge on any atom is -0.355 e. The molecule has 2 saturated heterocycles. The van der Waals surface area contributed by atoms with Gasteiger partial charge in [-0.3, -0.25) is 4.79 Å². The summed E-state index contributed by atoms with van der Waals surface area (Å²) in [7, 11) is 0. The molecule has 0 aromatic heterocycles. The van der Waals surface area contributed by atoms with Crippen LogP contribution in [-0.4, -0.2) is 36.0 Å². The van der Waals surface area contributed by atoms with Crippen LogP contribution in [-0.2, 0) is 4.79 Å². The highest BCUT2D eigenvalue weighted by atomic mass is 32.2. The van der Waals surface area contributed by atoms with Crippen molar-refractivity contribution < 1.29 is 4.79 Å². The van der Waals surface area contributed by atoms with Crippen molar-refractivity contribution >= 4 is 17.7 Å². The van der Waals surface area contributed by atoms with E-state index in [1.165, 1.54) is 12.2 Å². The predicted octanol–water partition coefficient (Wildman–Crippen LogP) is 1.78. The van der Waals surface area contributed by atoms with Gasteiger partial charge >= 0.3 is 0 Å². The normalized spacial score (nSPS) is 33.9. The molecular weight excluding hydrogens is 232 g/mol. The van der Waals surface area contributed by atoms with Gasteiger partial charge in [0.1, 0.15) is 0 Å². The van der Waals surface area contributed by atoms with E-state index in [1.54, 1.807) is 0 Å². The van der Waals surface area contributed by atoms with Crippen molar-refractivity contribution in [2.75, 3.05) is 18.1 Å². The number of hydrogen-bond donors (Lipinski definition) is 2. The number of thioether (sulfide) groups is 1. The van der Waals surface area contributed by atoms with Gasteiger partial charge in [-0.05, 0) is 36.9 Å². The Hall–Kier alpha value is -0.220. The van der Waals surface area contributed by atoms with Crippen LogP contribution >= 0.6 is 11.8 Å². The van der Waals surface area contributed by atoms with Crippen molar-refractivity contribution in [1.29, 1.82) is 0 Å².